The molecule has 1 unspecified atom stereocenters. The Kier molecular flexibility index (Phi) is 6.03. The molecule has 0 aliphatic carbocycles. The van der Waals surface area contributed by atoms with Crippen LogP contribution in [-0.4, -0.2) is 18.8 Å². The molecular formula is C16H16ClF2NS. The molecule has 2 aromatic carbocycles. The van der Waals surface area contributed by atoms with Gasteiger partial charge in [0.15, 0.2) is 0 Å². The van der Waals surface area contributed by atoms with Crippen LogP contribution in [0.5, 0.6) is 0 Å². The molecule has 2 aromatic rings. The molecule has 112 valence electrons. The van der Waals surface area contributed by atoms with E-state index in [-0.39, 0.29) is 11.9 Å². The molecule has 0 amide bonds. The van der Waals surface area contributed by atoms with Gasteiger partial charge in [-0.15, -0.1) is 11.8 Å². The Bertz CT molecular complexity index is 607. The Morgan fingerprint density at radius 2 is 2.00 bits per heavy atom. The largest absolute Gasteiger partial charge is 0.316 e. The molecule has 0 aliphatic rings. The molecule has 0 aromatic heterocycles. The van der Waals surface area contributed by atoms with Gasteiger partial charge in [0.25, 0.3) is 0 Å². The first-order valence-electron chi connectivity index (χ1n) is 6.58. The Labute approximate surface area is 132 Å². The van der Waals surface area contributed by atoms with Gasteiger partial charge < -0.3 is 5.32 Å². The van der Waals surface area contributed by atoms with E-state index in [4.69, 9.17) is 11.6 Å². The number of hydrogen-bond acceptors (Lipinski definition) is 2. The standard InChI is InChI=1S/C16H16ClF2NS/c1-20-14(8-11-7-13(18)5-6-16(11)19)10-21-15-4-2-3-12(17)9-15/h2-7,9,14,20H,8,10H2,1H3. The first kappa shape index (κ1) is 16.3. The first-order valence-corrected chi connectivity index (χ1v) is 7.94. The predicted molar refractivity (Wildman–Crippen MR) is 85.1 cm³/mol. The van der Waals surface area contributed by atoms with Crippen LogP contribution in [0.2, 0.25) is 5.02 Å². The highest BCUT2D eigenvalue weighted by Crippen LogP contribution is 2.23. The van der Waals surface area contributed by atoms with E-state index in [9.17, 15) is 8.78 Å². The summed E-state index contributed by atoms with van der Waals surface area (Å²) in [4.78, 5) is 1.06. The highest BCUT2D eigenvalue weighted by atomic mass is 35.5. The van der Waals surface area contributed by atoms with Crippen LogP contribution in [0.15, 0.2) is 47.4 Å². The summed E-state index contributed by atoms with van der Waals surface area (Å²) in [6.45, 7) is 0. The third kappa shape index (κ3) is 4.99. The van der Waals surface area contributed by atoms with Crippen molar-refractivity contribution in [1.29, 1.82) is 0 Å². The summed E-state index contributed by atoms with van der Waals surface area (Å²) < 4.78 is 26.9. The van der Waals surface area contributed by atoms with Crippen molar-refractivity contribution in [2.75, 3.05) is 12.8 Å². The second-order valence-corrected chi connectivity index (χ2v) is 6.22. The molecule has 0 fully saturated rings. The number of thioether (sulfide) groups is 1. The minimum absolute atomic E-state index is 0.0466. The normalized spacial score (nSPS) is 12.4. The zero-order valence-electron chi connectivity index (χ0n) is 11.6. The van der Waals surface area contributed by atoms with Gasteiger partial charge in [0.2, 0.25) is 0 Å². The Balaban J connectivity index is 1.98. The zero-order chi connectivity index (χ0) is 15.2. The summed E-state index contributed by atoms with van der Waals surface area (Å²) in [5.41, 5.74) is 0.390. The van der Waals surface area contributed by atoms with Crippen LogP contribution in [0.4, 0.5) is 8.78 Å². The highest BCUT2D eigenvalue weighted by Gasteiger charge is 2.12. The summed E-state index contributed by atoms with van der Waals surface area (Å²) >= 11 is 7.58. The molecule has 0 saturated carbocycles. The summed E-state index contributed by atoms with van der Waals surface area (Å²) in [5, 5.41) is 3.83. The fraction of sp³-hybridized carbons (Fsp3) is 0.250. The van der Waals surface area contributed by atoms with E-state index in [0.29, 0.717) is 17.0 Å². The van der Waals surface area contributed by atoms with E-state index in [1.54, 1.807) is 11.8 Å². The molecule has 0 bridgehead atoms. The van der Waals surface area contributed by atoms with Gasteiger partial charge in [-0.05, 0) is 55.4 Å². The summed E-state index contributed by atoms with van der Waals surface area (Å²) in [5.74, 6) is -0.0413. The van der Waals surface area contributed by atoms with E-state index in [0.717, 1.165) is 16.7 Å². The minimum Gasteiger partial charge on any atom is -0.316 e. The van der Waals surface area contributed by atoms with Crippen molar-refractivity contribution in [2.45, 2.75) is 17.4 Å². The van der Waals surface area contributed by atoms with Crippen LogP contribution in [0.25, 0.3) is 0 Å². The fourth-order valence-electron chi connectivity index (χ4n) is 1.96. The maximum absolute atomic E-state index is 13.7. The molecule has 0 spiro atoms. The van der Waals surface area contributed by atoms with Crippen molar-refractivity contribution in [3.8, 4) is 0 Å². The second kappa shape index (κ2) is 7.78. The molecule has 0 heterocycles. The Hall–Kier alpha value is -1.10. The van der Waals surface area contributed by atoms with Gasteiger partial charge >= 0.3 is 0 Å². The Morgan fingerprint density at radius 3 is 2.71 bits per heavy atom. The quantitative estimate of drug-likeness (QED) is 0.782. The monoisotopic (exact) mass is 327 g/mol. The van der Waals surface area contributed by atoms with Gasteiger partial charge in [-0.25, -0.2) is 8.78 Å². The van der Waals surface area contributed by atoms with Crippen LogP contribution >= 0.6 is 23.4 Å². The second-order valence-electron chi connectivity index (χ2n) is 4.69. The first-order chi connectivity index (χ1) is 10.1. The van der Waals surface area contributed by atoms with Crippen LogP contribution in [0.1, 0.15) is 5.56 Å². The number of hydrogen-bond donors (Lipinski definition) is 1. The molecule has 5 heteroatoms. The average molecular weight is 328 g/mol. The maximum atomic E-state index is 13.7. The van der Waals surface area contributed by atoms with Crippen LogP contribution in [0, 0.1) is 11.6 Å². The molecule has 1 N–H and O–H groups in total. The van der Waals surface area contributed by atoms with Gasteiger partial charge in [0.05, 0.1) is 0 Å². The molecule has 2 rings (SSSR count). The van der Waals surface area contributed by atoms with Gasteiger partial charge in [-0.3, -0.25) is 0 Å². The van der Waals surface area contributed by atoms with E-state index in [1.807, 2.05) is 31.3 Å². The van der Waals surface area contributed by atoms with Crippen molar-refractivity contribution in [2.24, 2.45) is 0 Å². The molecule has 0 radical (unpaired) electrons. The van der Waals surface area contributed by atoms with Crippen molar-refractivity contribution in [3.05, 3.63) is 64.7 Å². The van der Waals surface area contributed by atoms with Gasteiger partial charge in [-0.2, -0.15) is 0 Å². The SMILES string of the molecule is CNC(CSc1cccc(Cl)c1)Cc1cc(F)ccc1F. The molecule has 21 heavy (non-hydrogen) atoms. The van der Waals surface area contributed by atoms with Crippen molar-refractivity contribution in [1.82, 2.24) is 5.32 Å². The molecule has 0 saturated heterocycles. The summed E-state index contributed by atoms with van der Waals surface area (Å²) in [7, 11) is 1.82. The van der Waals surface area contributed by atoms with E-state index in [1.165, 1.54) is 12.1 Å². The average Bonchev–Trinajstić information content (AvgIpc) is 2.47. The summed E-state index contributed by atoms with van der Waals surface area (Å²) in [6, 6.07) is 11.2. The maximum Gasteiger partial charge on any atom is 0.126 e. The van der Waals surface area contributed by atoms with E-state index >= 15 is 0 Å². The number of rotatable bonds is 6. The molecular weight excluding hydrogens is 312 g/mol. The lowest BCUT2D eigenvalue weighted by Crippen LogP contribution is -2.30. The van der Waals surface area contributed by atoms with Crippen LogP contribution in [-0.2, 0) is 6.42 Å². The van der Waals surface area contributed by atoms with Gasteiger partial charge in [0.1, 0.15) is 11.6 Å². The van der Waals surface area contributed by atoms with Crippen LogP contribution < -0.4 is 5.32 Å². The highest BCUT2D eigenvalue weighted by molar-refractivity contribution is 7.99. The summed E-state index contributed by atoms with van der Waals surface area (Å²) in [6.07, 6.45) is 0.438. The third-order valence-corrected chi connectivity index (χ3v) is 4.52. The number of nitrogens with one attached hydrogen (secondary N) is 1. The Morgan fingerprint density at radius 1 is 1.19 bits per heavy atom. The number of likely N-dealkylation sites (N-methyl/N-ethyl adjacent to an activating group) is 1. The van der Waals surface area contributed by atoms with Crippen molar-refractivity contribution >= 4 is 23.4 Å². The lowest BCUT2D eigenvalue weighted by molar-refractivity contribution is 0.555. The molecule has 0 aliphatic heterocycles. The minimum atomic E-state index is -0.413. The van der Waals surface area contributed by atoms with Gasteiger partial charge in [0, 0.05) is 21.7 Å². The van der Waals surface area contributed by atoms with Crippen molar-refractivity contribution < 1.29 is 8.78 Å². The predicted octanol–water partition coefficient (Wildman–Crippen LogP) is 4.54. The van der Waals surface area contributed by atoms with Crippen molar-refractivity contribution in [3.63, 3.8) is 0 Å². The number of benzene rings is 2. The lowest BCUT2D eigenvalue weighted by Gasteiger charge is -2.16. The van der Waals surface area contributed by atoms with E-state index < -0.39 is 5.82 Å². The van der Waals surface area contributed by atoms with E-state index in [2.05, 4.69) is 5.32 Å². The zero-order valence-corrected chi connectivity index (χ0v) is 13.1. The lowest BCUT2D eigenvalue weighted by atomic mass is 10.1. The molecule has 1 atom stereocenters. The van der Waals surface area contributed by atoms with Crippen LogP contribution in [0.3, 0.4) is 0 Å². The van der Waals surface area contributed by atoms with Gasteiger partial charge in [-0.1, -0.05) is 17.7 Å². The molecule has 1 nitrogen and oxygen atoms in total. The third-order valence-electron chi connectivity index (χ3n) is 3.13. The smallest absolute Gasteiger partial charge is 0.126 e. The number of halogens is 3. The topological polar surface area (TPSA) is 12.0 Å². The fourth-order valence-corrected chi connectivity index (χ4v) is 3.28.